The molecule has 3 heteroatoms. The van der Waals surface area contributed by atoms with Gasteiger partial charge in [-0.25, -0.2) is 0 Å². The molecule has 1 radical (unpaired) electrons. The fraction of sp³-hybridized carbons (Fsp3) is 0.800. The first-order valence-corrected chi connectivity index (χ1v) is 7.63. The van der Waals surface area contributed by atoms with Gasteiger partial charge in [-0.05, 0) is 0 Å². The van der Waals surface area contributed by atoms with Crippen molar-refractivity contribution >= 4 is 12.4 Å². The van der Waals surface area contributed by atoms with Crippen molar-refractivity contribution in [2.45, 2.75) is 64.0 Å². The van der Waals surface area contributed by atoms with Crippen molar-refractivity contribution in [2.24, 2.45) is 14.1 Å². The first-order valence-electron chi connectivity index (χ1n) is 7.63. The molecule has 3 heterocycles. The van der Waals surface area contributed by atoms with Crippen molar-refractivity contribution in [3.05, 3.63) is 11.4 Å². The van der Waals surface area contributed by atoms with Gasteiger partial charge in [-0.1, -0.05) is 38.5 Å². The summed E-state index contributed by atoms with van der Waals surface area (Å²) in [4.78, 5) is 0. The van der Waals surface area contributed by atoms with Gasteiger partial charge in [0.05, 0.1) is 14.1 Å². The van der Waals surface area contributed by atoms with E-state index in [1.807, 2.05) is 0 Å². The highest BCUT2D eigenvalue weighted by molar-refractivity contribution is 6.74. The van der Waals surface area contributed by atoms with Crippen LogP contribution in [0.2, 0.25) is 11.6 Å². The van der Waals surface area contributed by atoms with Gasteiger partial charge in [0.25, 0.3) is 0 Å². The maximum atomic E-state index is 2.47. The highest BCUT2D eigenvalue weighted by Gasteiger charge is 2.34. The molecule has 2 aliphatic rings. The molecule has 3 rings (SSSR count). The Morgan fingerprint density at radius 3 is 1.94 bits per heavy atom. The lowest BCUT2D eigenvalue weighted by atomic mass is 9.26. The molecule has 2 saturated heterocycles. The molecule has 2 nitrogen and oxygen atoms in total. The third-order valence-electron chi connectivity index (χ3n) is 5.83. The molecule has 2 fully saturated rings. The topological polar surface area (TPSA) is 8.81 Å². The second-order valence-electron chi connectivity index (χ2n) is 6.55. The Kier molecular flexibility index (Phi) is 3.03. The minimum Gasteiger partial charge on any atom is -0.274 e. The Morgan fingerprint density at radius 2 is 1.56 bits per heavy atom. The van der Waals surface area contributed by atoms with Crippen molar-refractivity contribution < 1.29 is 4.57 Å². The summed E-state index contributed by atoms with van der Waals surface area (Å²) in [5.74, 6) is 1.91. The maximum Gasteiger partial charge on any atom is 0.139 e. The third-order valence-corrected chi connectivity index (χ3v) is 5.83. The highest BCUT2D eigenvalue weighted by Crippen LogP contribution is 2.45. The fourth-order valence-corrected chi connectivity index (χ4v) is 4.60. The molecule has 0 saturated carbocycles. The zero-order valence-corrected chi connectivity index (χ0v) is 12.4. The van der Waals surface area contributed by atoms with Crippen LogP contribution >= 0.6 is 0 Å². The van der Waals surface area contributed by atoms with E-state index in [1.54, 1.807) is 5.72 Å². The van der Waals surface area contributed by atoms with E-state index >= 15 is 0 Å². The normalized spacial score (nSPS) is 28.7. The average molecular weight is 245 g/mol. The zero-order valence-electron chi connectivity index (χ0n) is 12.4. The maximum absolute atomic E-state index is 2.47. The van der Waals surface area contributed by atoms with Gasteiger partial charge in [-0.2, -0.15) is 11.6 Å². The summed E-state index contributed by atoms with van der Waals surface area (Å²) in [6.07, 6.45) is 8.79. The van der Waals surface area contributed by atoms with Crippen LogP contribution in [-0.4, -0.2) is 11.3 Å². The van der Waals surface area contributed by atoms with Crippen LogP contribution in [-0.2, 0) is 14.1 Å². The molecule has 1 aromatic rings. The molecule has 0 aromatic carbocycles. The predicted octanol–water partition coefficient (Wildman–Crippen LogP) is 2.28. The lowest BCUT2D eigenvalue weighted by Crippen LogP contribution is -2.61. The van der Waals surface area contributed by atoms with E-state index in [1.165, 1.54) is 49.9 Å². The van der Waals surface area contributed by atoms with Crippen molar-refractivity contribution in [3.8, 4) is 0 Å². The molecule has 0 unspecified atom stereocenters. The second-order valence-corrected chi connectivity index (χ2v) is 6.55. The van der Waals surface area contributed by atoms with Crippen LogP contribution in [0.4, 0.5) is 0 Å². The third kappa shape index (κ3) is 1.66. The van der Waals surface area contributed by atoms with Crippen LogP contribution in [0.1, 0.15) is 49.9 Å². The van der Waals surface area contributed by atoms with E-state index in [0.717, 1.165) is 18.3 Å². The predicted molar refractivity (Wildman–Crippen MR) is 76.7 cm³/mol. The number of fused-ring (bicyclic) bond motifs is 2. The van der Waals surface area contributed by atoms with Crippen LogP contribution in [0.3, 0.4) is 0 Å². The number of aromatic nitrogens is 2. The zero-order chi connectivity index (χ0) is 12.9. The van der Waals surface area contributed by atoms with Gasteiger partial charge in [0.15, 0.2) is 0 Å². The number of hydrogen-bond acceptors (Lipinski definition) is 0. The van der Waals surface area contributed by atoms with E-state index in [2.05, 4.69) is 37.1 Å². The largest absolute Gasteiger partial charge is 0.274 e. The van der Waals surface area contributed by atoms with E-state index < -0.39 is 0 Å². The summed E-state index contributed by atoms with van der Waals surface area (Å²) in [7, 11) is 4.53. The molecular formula is C15H26BN2. The smallest absolute Gasteiger partial charge is 0.139 e. The molecule has 0 N–H and O–H groups in total. The summed E-state index contributed by atoms with van der Waals surface area (Å²) in [6.45, 7) is 5.35. The number of rotatable bonds is 1. The van der Waals surface area contributed by atoms with Crippen LogP contribution in [0, 0.1) is 13.8 Å². The average Bonchev–Trinajstić information content (AvgIpc) is 2.53. The Morgan fingerprint density at radius 1 is 1.06 bits per heavy atom. The molecule has 18 heavy (non-hydrogen) atoms. The van der Waals surface area contributed by atoms with Crippen molar-refractivity contribution in [3.63, 3.8) is 0 Å². The van der Waals surface area contributed by atoms with Gasteiger partial charge >= 0.3 is 0 Å². The van der Waals surface area contributed by atoms with Gasteiger partial charge in [-0.3, -0.25) is 9.13 Å². The first kappa shape index (κ1) is 12.3. The number of hydrogen-bond donors (Lipinski definition) is 0. The minimum atomic E-state index is 0.829. The van der Waals surface area contributed by atoms with Gasteiger partial charge in [0, 0.05) is 26.3 Å². The molecule has 0 atom stereocenters. The van der Waals surface area contributed by atoms with E-state index in [-0.39, 0.29) is 0 Å². The van der Waals surface area contributed by atoms with Crippen LogP contribution < -0.4 is 10.3 Å². The van der Waals surface area contributed by atoms with Crippen LogP contribution in [0.5, 0.6) is 0 Å². The van der Waals surface area contributed by atoms with Crippen LogP contribution in [0.15, 0.2) is 0 Å². The number of imidazole rings is 1. The Balaban J connectivity index is 2.06. The highest BCUT2D eigenvalue weighted by atomic mass is 15.1. The van der Waals surface area contributed by atoms with Gasteiger partial charge in [0.2, 0.25) is 0 Å². The molecular weight excluding hydrogens is 219 g/mol. The van der Waals surface area contributed by atoms with Crippen LogP contribution in [0.25, 0.3) is 0 Å². The van der Waals surface area contributed by atoms with Crippen molar-refractivity contribution in [2.75, 3.05) is 0 Å². The molecule has 2 bridgehead atoms. The van der Waals surface area contributed by atoms with E-state index in [9.17, 15) is 0 Å². The SMILES string of the molecule is Cc1c(C)[n+](C)c([B-]2C3CCCC2CCC3)n1C. The Labute approximate surface area is 111 Å². The lowest BCUT2D eigenvalue weighted by Gasteiger charge is -2.49. The molecule has 0 amide bonds. The molecule has 1 aromatic heterocycles. The Bertz CT molecular complexity index is 416. The van der Waals surface area contributed by atoms with Gasteiger partial charge in [-0.15, -0.1) is 0 Å². The van der Waals surface area contributed by atoms with E-state index in [4.69, 9.17) is 0 Å². The summed E-state index contributed by atoms with van der Waals surface area (Å²) in [5.41, 5.74) is 4.48. The van der Waals surface area contributed by atoms with Gasteiger partial charge in [0.1, 0.15) is 11.4 Å². The van der Waals surface area contributed by atoms with Crippen molar-refractivity contribution in [1.29, 1.82) is 0 Å². The second kappa shape index (κ2) is 4.43. The van der Waals surface area contributed by atoms with Gasteiger partial charge < -0.3 is 0 Å². The summed E-state index contributed by atoms with van der Waals surface area (Å²) >= 11 is 0. The summed E-state index contributed by atoms with van der Waals surface area (Å²) in [5, 5.41) is 0. The Hall–Kier alpha value is -0.725. The van der Waals surface area contributed by atoms with Crippen molar-refractivity contribution in [1.82, 2.24) is 4.57 Å². The summed E-state index contributed by atoms with van der Waals surface area (Å²) in [6, 6.07) is 0. The monoisotopic (exact) mass is 245 g/mol. The van der Waals surface area contributed by atoms with E-state index in [0.29, 0.717) is 0 Å². The molecule has 0 spiro atoms. The lowest BCUT2D eigenvalue weighted by molar-refractivity contribution is -0.659. The first-order chi connectivity index (χ1) is 8.61. The fourth-order valence-electron chi connectivity index (χ4n) is 4.60. The molecule has 99 valence electrons. The quantitative estimate of drug-likeness (QED) is 0.530. The standard InChI is InChI=1S/C15H26BN2/c1-11-12(2)18(4)15(17(11)3)16-13-7-5-8-14(16)10-6-9-13/h13-14H,5-10H2,1-4H3. The number of nitrogens with zero attached hydrogens (tertiary/aromatic N) is 2. The molecule has 0 aliphatic carbocycles. The minimum absolute atomic E-state index is 0.829. The summed E-state index contributed by atoms with van der Waals surface area (Å²) < 4.78 is 4.94. The molecule has 2 aliphatic heterocycles.